The number of hydrogen-bond donors (Lipinski definition) is 4. The van der Waals surface area contributed by atoms with Gasteiger partial charge in [0.15, 0.2) is 6.04 Å². The lowest BCUT2D eigenvalue weighted by Crippen LogP contribution is -2.54. The summed E-state index contributed by atoms with van der Waals surface area (Å²) in [5, 5.41) is 23.7. The minimum absolute atomic E-state index is 0.0599. The van der Waals surface area contributed by atoms with Crippen molar-refractivity contribution in [1.82, 2.24) is 10.6 Å². The zero-order chi connectivity index (χ0) is 36.2. The van der Waals surface area contributed by atoms with Crippen LogP contribution in [0.15, 0.2) is 0 Å². The lowest BCUT2D eigenvalue weighted by Gasteiger charge is -2.22. The van der Waals surface area contributed by atoms with Gasteiger partial charge in [-0.05, 0) is 44.9 Å². The topological polar surface area (TPSA) is 142 Å². The molecule has 0 aliphatic rings. The molecule has 48 heavy (non-hydrogen) atoms. The van der Waals surface area contributed by atoms with E-state index in [0.717, 1.165) is 50.4 Å². The monoisotopic (exact) mass is 683 g/mol. The molecule has 2 amide bonds. The summed E-state index contributed by atoms with van der Waals surface area (Å²) in [4.78, 5) is 49.4. The molecule has 0 aliphatic carbocycles. The third-order valence-corrected chi connectivity index (χ3v) is 9.00. The summed E-state index contributed by atoms with van der Waals surface area (Å²) in [5.74, 6) is -1.24. The Hall–Kier alpha value is -2.16. The van der Waals surface area contributed by atoms with Crippen LogP contribution in [0, 0.1) is 11.8 Å². The van der Waals surface area contributed by atoms with E-state index >= 15 is 0 Å². The van der Waals surface area contributed by atoms with Gasteiger partial charge in [-0.3, -0.25) is 14.4 Å². The van der Waals surface area contributed by atoms with E-state index in [1.54, 1.807) is 0 Å². The zero-order valence-electron chi connectivity index (χ0n) is 31.7. The normalized spacial score (nSPS) is 14.0. The maximum absolute atomic E-state index is 12.8. The molecule has 9 nitrogen and oxygen atoms in total. The standard InChI is InChI=1S/C39H74N2O7/c1-30(2)25-21-17-13-9-7-11-15-19-23-27-34(29-35(43)40-32(5)38(45)41-37(33(6)42)39(46)47)48-36(44)28-24-20-16-12-8-10-14-18-22-26-31(3)4/h30-34,37,42H,7-29H2,1-6H3,(H,40,43)(H,41,45)(H,46,47)/t32-,33?,34?,37-/m0/s1. The van der Waals surface area contributed by atoms with Gasteiger partial charge in [-0.25, -0.2) is 4.79 Å². The Morgan fingerprint density at radius 2 is 0.958 bits per heavy atom. The number of rotatable bonds is 32. The summed E-state index contributed by atoms with van der Waals surface area (Å²) in [5.41, 5.74) is 0. The van der Waals surface area contributed by atoms with Crippen LogP contribution in [0.2, 0.25) is 0 Å². The van der Waals surface area contributed by atoms with Gasteiger partial charge in [0, 0.05) is 6.42 Å². The molecule has 0 rings (SSSR count). The second kappa shape index (κ2) is 29.7. The van der Waals surface area contributed by atoms with E-state index in [1.807, 2.05) is 0 Å². The molecule has 0 aromatic heterocycles. The van der Waals surface area contributed by atoms with Gasteiger partial charge in [0.25, 0.3) is 0 Å². The summed E-state index contributed by atoms with van der Waals surface area (Å²) in [6, 6.07) is -2.49. The predicted octanol–water partition coefficient (Wildman–Crippen LogP) is 8.64. The van der Waals surface area contributed by atoms with Crippen molar-refractivity contribution in [3.63, 3.8) is 0 Å². The summed E-state index contributed by atoms with van der Waals surface area (Å²) >= 11 is 0. The Kier molecular flexibility index (Phi) is 28.4. The third-order valence-electron chi connectivity index (χ3n) is 9.00. The molecule has 4 atom stereocenters. The first kappa shape index (κ1) is 45.8. The largest absolute Gasteiger partial charge is 0.480 e. The Morgan fingerprint density at radius 3 is 1.35 bits per heavy atom. The summed E-state index contributed by atoms with van der Waals surface area (Å²) in [6.45, 7) is 11.8. The molecular formula is C39H74N2O7. The van der Waals surface area contributed by atoms with Crippen molar-refractivity contribution in [3.05, 3.63) is 0 Å². The molecule has 0 spiro atoms. The van der Waals surface area contributed by atoms with Gasteiger partial charge in [-0.2, -0.15) is 0 Å². The summed E-state index contributed by atoms with van der Waals surface area (Å²) in [7, 11) is 0. The number of esters is 1. The van der Waals surface area contributed by atoms with Gasteiger partial charge in [-0.15, -0.1) is 0 Å². The Bertz CT molecular complexity index is 846. The van der Waals surface area contributed by atoms with Gasteiger partial charge >= 0.3 is 11.9 Å². The zero-order valence-corrected chi connectivity index (χ0v) is 31.7. The lowest BCUT2D eigenvalue weighted by atomic mass is 10.0. The molecule has 0 aromatic rings. The molecule has 0 radical (unpaired) electrons. The first-order valence-corrected chi connectivity index (χ1v) is 19.5. The average Bonchev–Trinajstić information content (AvgIpc) is 3.00. The minimum atomic E-state index is -1.48. The SMILES string of the molecule is CC(C)CCCCCCCCCCCC(=O)OC(CCCCCCCCCCCC(C)C)CC(=O)N[C@@H](C)C(=O)N[C@H](C(=O)O)C(C)O. The first-order chi connectivity index (χ1) is 22.8. The highest BCUT2D eigenvalue weighted by Gasteiger charge is 2.28. The number of hydrogen-bond acceptors (Lipinski definition) is 6. The summed E-state index contributed by atoms with van der Waals surface area (Å²) < 4.78 is 5.78. The van der Waals surface area contributed by atoms with E-state index in [1.165, 1.54) is 104 Å². The van der Waals surface area contributed by atoms with Crippen LogP contribution in [-0.2, 0) is 23.9 Å². The second-order valence-corrected chi connectivity index (χ2v) is 14.9. The molecule has 282 valence electrons. The Labute approximate surface area is 293 Å². The van der Waals surface area contributed by atoms with E-state index in [9.17, 15) is 29.4 Å². The van der Waals surface area contributed by atoms with Crippen LogP contribution in [0.4, 0.5) is 0 Å². The predicted molar refractivity (Wildman–Crippen MR) is 195 cm³/mol. The van der Waals surface area contributed by atoms with Crippen LogP contribution < -0.4 is 10.6 Å². The number of aliphatic carboxylic acids is 1. The first-order valence-electron chi connectivity index (χ1n) is 19.5. The van der Waals surface area contributed by atoms with Gasteiger partial charge in [0.1, 0.15) is 12.1 Å². The molecule has 0 bridgehead atoms. The quantitative estimate of drug-likeness (QED) is 0.0411. The van der Waals surface area contributed by atoms with E-state index < -0.39 is 42.1 Å². The van der Waals surface area contributed by atoms with Crippen LogP contribution >= 0.6 is 0 Å². The number of carbonyl (C=O) groups excluding carboxylic acids is 3. The fraction of sp³-hybridized carbons (Fsp3) is 0.897. The smallest absolute Gasteiger partial charge is 0.328 e. The molecule has 4 N–H and O–H groups in total. The van der Waals surface area contributed by atoms with Gasteiger partial charge < -0.3 is 25.6 Å². The van der Waals surface area contributed by atoms with Crippen molar-refractivity contribution in [2.24, 2.45) is 11.8 Å². The lowest BCUT2D eigenvalue weighted by molar-refractivity contribution is -0.151. The van der Waals surface area contributed by atoms with Gasteiger partial charge in [0.05, 0.1) is 12.5 Å². The number of aliphatic hydroxyl groups excluding tert-OH is 1. The number of ether oxygens (including phenoxy) is 1. The van der Waals surface area contributed by atoms with Crippen LogP contribution in [0.3, 0.4) is 0 Å². The molecule has 0 heterocycles. The van der Waals surface area contributed by atoms with Crippen LogP contribution in [-0.4, -0.2) is 58.3 Å². The highest BCUT2D eigenvalue weighted by atomic mass is 16.5. The van der Waals surface area contributed by atoms with Gasteiger partial charge in [0.2, 0.25) is 11.8 Å². The minimum Gasteiger partial charge on any atom is -0.480 e. The molecule has 0 saturated carbocycles. The molecule has 0 aliphatic heterocycles. The maximum Gasteiger partial charge on any atom is 0.328 e. The second-order valence-electron chi connectivity index (χ2n) is 14.9. The number of aliphatic hydroxyl groups is 1. The van der Waals surface area contributed by atoms with E-state index in [4.69, 9.17) is 4.74 Å². The number of amides is 2. The Morgan fingerprint density at radius 1 is 0.562 bits per heavy atom. The average molecular weight is 683 g/mol. The number of unbranched alkanes of at least 4 members (excludes halogenated alkanes) is 16. The maximum atomic E-state index is 12.8. The van der Waals surface area contributed by atoms with E-state index in [-0.39, 0.29) is 12.4 Å². The molecule has 0 fully saturated rings. The summed E-state index contributed by atoms with van der Waals surface area (Å²) in [6.07, 6.45) is 22.7. The van der Waals surface area contributed by atoms with Crippen molar-refractivity contribution in [1.29, 1.82) is 0 Å². The third kappa shape index (κ3) is 27.8. The molecular weight excluding hydrogens is 608 g/mol. The van der Waals surface area contributed by atoms with E-state index in [0.29, 0.717) is 12.8 Å². The number of carboxylic acids is 1. The molecule has 9 heteroatoms. The van der Waals surface area contributed by atoms with Crippen molar-refractivity contribution in [2.45, 2.75) is 214 Å². The van der Waals surface area contributed by atoms with Crippen molar-refractivity contribution in [2.75, 3.05) is 0 Å². The van der Waals surface area contributed by atoms with Crippen LogP contribution in [0.25, 0.3) is 0 Å². The highest BCUT2D eigenvalue weighted by Crippen LogP contribution is 2.17. The van der Waals surface area contributed by atoms with E-state index in [2.05, 4.69) is 38.3 Å². The fourth-order valence-electron chi connectivity index (χ4n) is 5.91. The van der Waals surface area contributed by atoms with Gasteiger partial charge in [-0.1, -0.05) is 143 Å². The van der Waals surface area contributed by atoms with Crippen molar-refractivity contribution >= 4 is 23.8 Å². The number of nitrogens with one attached hydrogen (secondary N) is 2. The number of carbonyl (C=O) groups is 4. The molecule has 0 aromatic carbocycles. The molecule has 2 unspecified atom stereocenters. The van der Waals surface area contributed by atoms with Crippen LogP contribution in [0.1, 0.15) is 189 Å². The highest BCUT2D eigenvalue weighted by molar-refractivity contribution is 5.90. The van der Waals surface area contributed by atoms with Crippen LogP contribution in [0.5, 0.6) is 0 Å². The fourth-order valence-corrected chi connectivity index (χ4v) is 5.91. The number of carboxylic acid groups (broad SMARTS) is 1. The van der Waals surface area contributed by atoms with Crippen molar-refractivity contribution in [3.8, 4) is 0 Å². The van der Waals surface area contributed by atoms with Crippen molar-refractivity contribution < 1.29 is 34.1 Å². The molecule has 0 saturated heterocycles. The Balaban J connectivity index is 4.62.